The Bertz CT molecular complexity index is 616. The molecule has 0 radical (unpaired) electrons. The molecule has 20 heavy (non-hydrogen) atoms. The van der Waals surface area contributed by atoms with Crippen molar-refractivity contribution in [1.82, 2.24) is 14.8 Å². The van der Waals surface area contributed by atoms with E-state index in [2.05, 4.69) is 10.1 Å². The van der Waals surface area contributed by atoms with Crippen LogP contribution < -0.4 is 4.90 Å². The number of hydrogen-bond donors (Lipinski definition) is 0. The average molecular weight is 276 g/mol. The minimum absolute atomic E-state index is 0.574. The molecule has 2 rings (SSSR count). The van der Waals surface area contributed by atoms with E-state index in [1.54, 1.807) is 43.3 Å². The fraction of sp³-hybridized carbons (Fsp3) is 0.357. The molecular weight excluding hydrogens is 259 g/mol. The number of alkyl halides is 1. The van der Waals surface area contributed by atoms with Gasteiger partial charge in [0, 0.05) is 13.2 Å². The number of carbonyl (C=O) groups is 1. The highest BCUT2D eigenvalue weighted by Crippen LogP contribution is 2.23. The third-order valence-electron chi connectivity index (χ3n) is 2.96. The molecule has 6 heteroatoms. The molecule has 0 aliphatic heterocycles. The maximum Gasteiger partial charge on any atom is 0.263 e. The number of pyridine rings is 1. The van der Waals surface area contributed by atoms with Gasteiger partial charge in [0.1, 0.15) is 0 Å². The second-order valence-electron chi connectivity index (χ2n) is 5.09. The van der Waals surface area contributed by atoms with E-state index in [0.717, 1.165) is 5.69 Å². The Labute approximate surface area is 117 Å². The molecule has 0 bridgehead atoms. The minimum atomic E-state index is -1.92. The molecule has 106 valence electrons. The Morgan fingerprint density at radius 1 is 1.45 bits per heavy atom. The van der Waals surface area contributed by atoms with Crippen LogP contribution in [0.15, 0.2) is 30.7 Å². The summed E-state index contributed by atoms with van der Waals surface area (Å²) in [6.45, 7) is 4.26. The van der Waals surface area contributed by atoms with Crippen LogP contribution in [0.5, 0.6) is 0 Å². The van der Waals surface area contributed by atoms with Gasteiger partial charge in [0.25, 0.3) is 5.91 Å². The molecule has 0 atom stereocenters. The number of rotatable bonds is 3. The SMILES string of the molecule is Cc1nn(-c2cccnc2)cc1N(C)C(=O)C(C)(C)F. The molecule has 0 spiro atoms. The first-order chi connectivity index (χ1) is 9.30. The fourth-order valence-electron chi connectivity index (χ4n) is 1.91. The minimum Gasteiger partial charge on any atom is -0.310 e. The molecule has 0 aliphatic rings. The molecular formula is C14H17FN4O. The zero-order valence-corrected chi connectivity index (χ0v) is 12.0. The Hall–Kier alpha value is -2.24. The largest absolute Gasteiger partial charge is 0.310 e. The highest BCUT2D eigenvalue weighted by Gasteiger charge is 2.31. The Kier molecular flexibility index (Phi) is 3.57. The van der Waals surface area contributed by atoms with Gasteiger partial charge in [-0.15, -0.1) is 0 Å². The summed E-state index contributed by atoms with van der Waals surface area (Å²) < 4.78 is 15.4. The van der Waals surface area contributed by atoms with Crippen molar-refractivity contribution in [3.63, 3.8) is 0 Å². The average Bonchev–Trinajstić information content (AvgIpc) is 2.79. The standard InChI is InChI=1S/C14H17FN4O/c1-10-12(18(4)13(20)14(2,3)15)9-19(17-10)11-6-5-7-16-8-11/h5-9H,1-4H3. The molecule has 2 aromatic heterocycles. The third kappa shape index (κ3) is 2.68. The van der Waals surface area contributed by atoms with Crippen LogP contribution in [-0.4, -0.2) is 33.4 Å². The highest BCUT2D eigenvalue weighted by atomic mass is 19.1. The fourth-order valence-corrected chi connectivity index (χ4v) is 1.91. The van der Waals surface area contributed by atoms with Gasteiger partial charge in [-0.2, -0.15) is 5.10 Å². The van der Waals surface area contributed by atoms with E-state index in [4.69, 9.17) is 0 Å². The Morgan fingerprint density at radius 3 is 2.70 bits per heavy atom. The summed E-state index contributed by atoms with van der Waals surface area (Å²) in [7, 11) is 1.54. The van der Waals surface area contributed by atoms with Crippen LogP contribution in [0.4, 0.5) is 10.1 Å². The second-order valence-corrected chi connectivity index (χ2v) is 5.09. The number of anilines is 1. The van der Waals surface area contributed by atoms with Gasteiger partial charge < -0.3 is 4.90 Å². The van der Waals surface area contributed by atoms with Gasteiger partial charge >= 0.3 is 0 Å². The van der Waals surface area contributed by atoms with Crippen molar-refractivity contribution in [2.45, 2.75) is 26.4 Å². The zero-order chi connectivity index (χ0) is 14.9. The lowest BCUT2D eigenvalue weighted by molar-refractivity contribution is -0.127. The Morgan fingerprint density at radius 2 is 2.15 bits per heavy atom. The van der Waals surface area contributed by atoms with Gasteiger partial charge in [-0.1, -0.05) is 0 Å². The molecule has 5 nitrogen and oxygen atoms in total. The molecule has 2 aromatic rings. The summed E-state index contributed by atoms with van der Waals surface area (Å²) in [5, 5.41) is 4.33. The predicted molar refractivity (Wildman–Crippen MR) is 74.7 cm³/mol. The lowest BCUT2D eigenvalue weighted by atomic mass is 10.1. The number of amides is 1. The molecule has 0 aromatic carbocycles. The quantitative estimate of drug-likeness (QED) is 0.864. The first kappa shape index (κ1) is 14.2. The molecule has 0 aliphatic carbocycles. The number of hydrogen-bond acceptors (Lipinski definition) is 3. The van der Waals surface area contributed by atoms with Crippen LogP contribution in [0, 0.1) is 6.92 Å². The van der Waals surface area contributed by atoms with Crippen molar-refractivity contribution < 1.29 is 9.18 Å². The van der Waals surface area contributed by atoms with Gasteiger partial charge in [-0.3, -0.25) is 9.78 Å². The van der Waals surface area contributed by atoms with Crippen molar-refractivity contribution >= 4 is 11.6 Å². The van der Waals surface area contributed by atoms with E-state index in [0.29, 0.717) is 11.4 Å². The highest BCUT2D eigenvalue weighted by molar-refractivity contribution is 5.98. The molecule has 0 saturated carbocycles. The van der Waals surface area contributed by atoms with Gasteiger partial charge in [-0.25, -0.2) is 9.07 Å². The van der Waals surface area contributed by atoms with Gasteiger partial charge in [0.2, 0.25) is 0 Å². The van der Waals surface area contributed by atoms with E-state index in [-0.39, 0.29) is 0 Å². The summed E-state index contributed by atoms with van der Waals surface area (Å²) >= 11 is 0. The summed E-state index contributed by atoms with van der Waals surface area (Å²) in [6.07, 6.45) is 5.02. The van der Waals surface area contributed by atoms with Crippen LogP contribution in [0.25, 0.3) is 5.69 Å². The first-order valence-corrected chi connectivity index (χ1v) is 6.24. The van der Waals surface area contributed by atoms with Crippen molar-refractivity contribution in [3.8, 4) is 5.69 Å². The van der Waals surface area contributed by atoms with E-state index in [1.165, 1.54) is 18.7 Å². The van der Waals surface area contributed by atoms with E-state index in [9.17, 15) is 9.18 Å². The van der Waals surface area contributed by atoms with Crippen LogP contribution >= 0.6 is 0 Å². The number of aromatic nitrogens is 3. The summed E-state index contributed by atoms with van der Waals surface area (Å²) in [4.78, 5) is 17.3. The number of halogens is 1. The van der Waals surface area contributed by atoms with Crippen LogP contribution in [-0.2, 0) is 4.79 Å². The molecule has 0 saturated heterocycles. The number of nitrogens with zero attached hydrogens (tertiary/aromatic N) is 4. The van der Waals surface area contributed by atoms with Crippen molar-refractivity contribution in [2.75, 3.05) is 11.9 Å². The molecule has 1 amide bonds. The third-order valence-corrected chi connectivity index (χ3v) is 2.96. The predicted octanol–water partition coefficient (Wildman–Crippen LogP) is 2.29. The molecule has 0 fully saturated rings. The Balaban J connectivity index is 2.36. The van der Waals surface area contributed by atoms with Gasteiger partial charge in [-0.05, 0) is 32.9 Å². The maximum atomic E-state index is 13.8. The topological polar surface area (TPSA) is 51.0 Å². The molecule has 2 heterocycles. The summed E-state index contributed by atoms with van der Waals surface area (Å²) in [6, 6.07) is 3.65. The summed E-state index contributed by atoms with van der Waals surface area (Å²) in [5.74, 6) is -0.605. The van der Waals surface area contributed by atoms with E-state index < -0.39 is 11.6 Å². The van der Waals surface area contributed by atoms with Crippen LogP contribution in [0.1, 0.15) is 19.5 Å². The van der Waals surface area contributed by atoms with Crippen LogP contribution in [0.3, 0.4) is 0 Å². The maximum absolute atomic E-state index is 13.8. The first-order valence-electron chi connectivity index (χ1n) is 6.24. The van der Waals surface area contributed by atoms with E-state index >= 15 is 0 Å². The number of carbonyl (C=O) groups excluding carboxylic acids is 1. The van der Waals surface area contributed by atoms with Crippen LogP contribution in [0.2, 0.25) is 0 Å². The van der Waals surface area contributed by atoms with E-state index in [1.807, 2.05) is 6.07 Å². The lowest BCUT2D eigenvalue weighted by Gasteiger charge is -2.22. The van der Waals surface area contributed by atoms with Gasteiger partial charge in [0.15, 0.2) is 5.67 Å². The lowest BCUT2D eigenvalue weighted by Crippen LogP contribution is -2.40. The monoisotopic (exact) mass is 276 g/mol. The smallest absolute Gasteiger partial charge is 0.263 e. The number of aryl methyl sites for hydroxylation is 1. The zero-order valence-electron chi connectivity index (χ0n) is 12.0. The molecule has 0 unspecified atom stereocenters. The van der Waals surface area contributed by atoms with Crippen molar-refractivity contribution in [3.05, 3.63) is 36.4 Å². The van der Waals surface area contributed by atoms with Crippen molar-refractivity contribution in [1.29, 1.82) is 0 Å². The summed E-state index contributed by atoms with van der Waals surface area (Å²) in [5.41, 5.74) is 0.0816. The second kappa shape index (κ2) is 5.03. The van der Waals surface area contributed by atoms with Gasteiger partial charge in [0.05, 0.1) is 29.5 Å². The van der Waals surface area contributed by atoms with Crippen molar-refractivity contribution in [2.24, 2.45) is 0 Å². The molecule has 0 N–H and O–H groups in total. The normalized spacial score (nSPS) is 11.4.